The van der Waals surface area contributed by atoms with Gasteiger partial charge in [-0.25, -0.2) is 9.97 Å². The Kier molecular flexibility index (Phi) is 4.04. The van der Waals surface area contributed by atoms with Gasteiger partial charge in [-0.3, -0.25) is 0 Å². The molecule has 0 radical (unpaired) electrons. The van der Waals surface area contributed by atoms with E-state index in [0.717, 1.165) is 34.8 Å². The predicted octanol–water partition coefficient (Wildman–Crippen LogP) is 3.47. The lowest BCUT2D eigenvalue weighted by Gasteiger charge is -2.16. The zero-order valence-corrected chi connectivity index (χ0v) is 12.2. The third-order valence-corrected chi connectivity index (χ3v) is 3.45. The second-order valence-corrected chi connectivity index (χ2v) is 4.81. The summed E-state index contributed by atoms with van der Waals surface area (Å²) in [6.07, 6.45) is 2.24. The van der Waals surface area contributed by atoms with Crippen LogP contribution in [0.3, 0.4) is 0 Å². The molecule has 0 saturated heterocycles. The summed E-state index contributed by atoms with van der Waals surface area (Å²) in [4.78, 5) is 8.26. The highest BCUT2D eigenvalue weighted by molar-refractivity contribution is 6.30. The first-order valence-electron chi connectivity index (χ1n) is 6.23. The highest BCUT2D eigenvalue weighted by Gasteiger charge is 2.18. The molecule has 2 rings (SSSR count). The van der Waals surface area contributed by atoms with Gasteiger partial charge in [-0.2, -0.15) is 0 Å². The van der Waals surface area contributed by atoms with Crippen LogP contribution >= 0.6 is 11.6 Å². The molecule has 19 heavy (non-hydrogen) atoms. The molecule has 0 aliphatic rings. The molecule has 0 spiro atoms. The third-order valence-electron chi connectivity index (χ3n) is 3.12. The fraction of sp³-hybridized carbons (Fsp3) is 0.462. The molecule has 2 aromatic heterocycles. The maximum absolute atomic E-state index is 6.08. The molecule has 0 saturated carbocycles. The van der Waals surface area contributed by atoms with Crippen LogP contribution in [0, 0.1) is 13.8 Å². The quantitative estimate of drug-likeness (QED) is 0.869. The van der Waals surface area contributed by atoms with Crippen LogP contribution in [0.4, 0.5) is 5.82 Å². The summed E-state index contributed by atoms with van der Waals surface area (Å²) in [5.41, 5.74) is 2.86. The smallest absolute Gasteiger partial charge is 0.139 e. The molecular formula is C13H17ClN4O. The first kappa shape index (κ1) is 13.8. The third kappa shape index (κ3) is 2.71. The molecule has 5 nitrogen and oxygen atoms in total. The van der Waals surface area contributed by atoms with Crippen LogP contribution in [0.25, 0.3) is 0 Å². The number of aromatic nitrogens is 3. The van der Waals surface area contributed by atoms with Crippen LogP contribution in [0.1, 0.15) is 42.5 Å². The van der Waals surface area contributed by atoms with Gasteiger partial charge in [-0.15, -0.1) is 0 Å². The molecule has 6 heteroatoms. The Morgan fingerprint density at radius 1 is 1.37 bits per heavy atom. The van der Waals surface area contributed by atoms with Gasteiger partial charge in [-0.1, -0.05) is 23.7 Å². The Balaban J connectivity index is 2.29. The predicted molar refractivity (Wildman–Crippen MR) is 74.4 cm³/mol. The lowest BCUT2D eigenvalue weighted by atomic mass is 10.1. The average molecular weight is 281 g/mol. The molecule has 0 aliphatic heterocycles. The zero-order valence-electron chi connectivity index (χ0n) is 11.5. The minimum Gasteiger partial charge on any atom is -0.363 e. The van der Waals surface area contributed by atoms with Crippen molar-refractivity contribution >= 4 is 17.4 Å². The Hall–Kier alpha value is -1.62. The molecule has 0 amide bonds. The first-order valence-corrected chi connectivity index (χ1v) is 6.61. The maximum Gasteiger partial charge on any atom is 0.139 e. The fourth-order valence-electron chi connectivity index (χ4n) is 2.21. The number of hydrogen-bond acceptors (Lipinski definition) is 5. The Labute approximate surface area is 117 Å². The van der Waals surface area contributed by atoms with Crippen molar-refractivity contribution in [1.82, 2.24) is 15.1 Å². The number of aryl methyl sites for hydroxylation is 2. The summed E-state index contributed by atoms with van der Waals surface area (Å²) in [6.45, 7) is 7.90. The number of rotatable bonds is 4. The minimum atomic E-state index is 0.0440. The normalized spacial score (nSPS) is 12.5. The van der Waals surface area contributed by atoms with E-state index in [1.54, 1.807) is 0 Å². The van der Waals surface area contributed by atoms with Crippen molar-refractivity contribution in [2.75, 3.05) is 5.32 Å². The molecule has 0 aromatic carbocycles. The van der Waals surface area contributed by atoms with E-state index < -0.39 is 0 Å². The van der Waals surface area contributed by atoms with Crippen LogP contribution in [0.15, 0.2) is 10.9 Å². The van der Waals surface area contributed by atoms with E-state index in [0.29, 0.717) is 5.15 Å². The van der Waals surface area contributed by atoms with E-state index in [2.05, 4.69) is 20.4 Å². The van der Waals surface area contributed by atoms with Crippen molar-refractivity contribution in [3.05, 3.63) is 34.1 Å². The van der Waals surface area contributed by atoms with Gasteiger partial charge < -0.3 is 9.84 Å². The summed E-state index contributed by atoms with van der Waals surface area (Å²) < 4.78 is 5.19. The largest absolute Gasteiger partial charge is 0.363 e. The Morgan fingerprint density at radius 2 is 2.11 bits per heavy atom. The lowest BCUT2D eigenvalue weighted by Crippen LogP contribution is -2.12. The number of halogens is 1. The maximum atomic E-state index is 6.08. The van der Waals surface area contributed by atoms with Crippen LogP contribution in [-0.2, 0) is 6.42 Å². The summed E-state index contributed by atoms with van der Waals surface area (Å²) in [5.74, 6) is 1.57. The summed E-state index contributed by atoms with van der Waals surface area (Å²) >= 11 is 6.08. The van der Waals surface area contributed by atoms with Crippen molar-refractivity contribution < 1.29 is 4.52 Å². The van der Waals surface area contributed by atoms with Crippen LogP contribution < -0.4 is 5.32 Å². The lowest BCUT2D eigenvalue weighted by molar-refractivity contribution is 0.392. The molecule has 0 fully saturated rings. The van der Waals surface area contributed by atoms with Crippen molar-refractivity contribution in [2.24, 2.45) is 0 Å². The first-order chi connectivity index (χ1) is 9.04. The molecule has 102 valence electrons. The minimum absolute atomic E-state index is 0.0440. The zero-order chi connectivity index (χ0) is 14.0. The van der Waals surface area contributed by atoms with E-state index >= 15 is 0 Å². The highest BCUT2D eigenvalue weighted by Crippen LogP contribution is 2.27. The molecule has 0 aliphatic carbocycles. The second kappa shape index (κ2) is 5.57. The molecule has 2 heterocycles. The van der Waals surface area contributed by atoms with Crippen LogP contribution in [-0.4, -0.2) is 15.1 Å². The highest BCUT2D eigenvalue weighted by atomic mass is 35.5. The van der Waals surface area contributed by atoms with Crippen molar-refractivity contribution in [3.63, 3.8) is 0 Å². The van der Waals surface area contributed by atoms with Gasteiger partial charge in [0.05, 0.1) is 11.7 Å². The molecule has 0 bridgehead atoms. The van der Waals surface area contributed by atoms with Gasteiger partial charge in [0, 0.05) is 11.1 Å². The van der Waals surface area contributed by atoms with Crippen molar-refractivity contribution in [1.29, 1.82) is 0 Å². The van der Waals surface area contributed by atoms with Crippen LogP contribution in [0.2, 0.25) is 5.15 Å². The van der Waals surface area contributed by atoms with Crippen LogP contribution in [0.5, 0.6) is 0 Å². The Bertz CT molecular complexity index is 563. The Morgan fingerprint density at radius 3 is 2.68 bits per heavy atom. The number of hydrogen-bond donors (Lipinski definition) is 1. The number of nitrogens with one attached hydrogen (secondary N) is 1. The van der Waals surface area contributed by atoms with Gasteiger partial charge in [-0.05, 0) is 27.2 Å². The number of nitrogens with zero attached hydrogens (tertiary/aromatic N) is 3. The number of anilines is 1. The molecule has 1 atom stereocenters. The standard InChI is InChI=1S/C13H17ClN4O/c1-5-10-12(14)15-6-16-13(10)17-7(2)11-8(3)18-19-9(11)4/h6-7H,5H2,1-4H3,(H,15,16,17). The topological polar surface area (TPSA) is 63.8 Å². The van der Waals surface area contributed by atoms with Gasteiger partial charge in [0.25, 0.3) is 0 Å². The van der Waals surface area contributed by atoms with E-state index in [9.17, 15) is 0 Å². The summed E-state index contributed by atoms with van der Waals surface area (Å²) in [5, 5.41) is 7.81. The summed E-state index contributed by atoms with van der Waals surface area (Å²) in [7, 11) is 0. The molecule has 2 aromatic rings. The molecular weight excluding hydrogens is 264 g/mol. The van der Waals surface area contributed by atoms with E-state index in [4.69, 9.17) is 16.1 Å². The average Bonchev–Trinajstić information content (AvgIpc) is 2.69. The van der Waals surface area contributed by atoms with E-state index in [-0.39, 0.29) is 6.04 Å². The van der Waals surface area contributed by atoms with E-state index in [1.165, 1.54) is 6.33 Å². The van der Waals surface area contributed by atoms with Gasteiger partial charge in [0.15, 0.2) is 0 Å². The van der Waals surface area contributed by atoms with Gasteiger partial charge in [0.2, 0.25) is 0 Å². The fourth-order valence-corrected chi connectivity index (χ4v) is 2.48. The van der Waals surface area contributed by atoms with Crippen molar-refractivity contribution in [3.8, 4) is 0 Å². The monoisotopic (exact) mass is 280 g/mol. The molecule has 1 unspecified atom stereocenters. The second-order valence-electron chi connectivity index (χ2n) is 4.45. The van der Waals surface area contributed by atoms with Gasteiger partial charge in [0.1, 0.15) is 23.1 Å². The van der Waals surface area contributed by atoms with Crippen molar-refractivity contribution in [2.45, 2.75) is 40.2 Å². The van der Waals surface area contributed by atoms with E-state index in [1.807, 2.05) is 27.7 Å². The molecule has 1 N–H and O–H groups in total. The van der Waals surface area contributed by atoms with Gasteiger partial charge >= 0.3 is 0 Å². The summed E-state index contributed by atoms with van der Waals surface area (Å²) in [6, 6.07) is 0.0440. The SMILES string of the molecule is CCc1c(Cl)ncnc1NC(C)c1c(C)noc1C.